The van der Waals surface area contributed by atoms with Gasteiger partial charge in [0.15, 0.2) is 5.17 Å². The summed E-state index contributed by atoms with van der Waals surface area (Å²) in [5.41, 5.74) is 2.45. The number of amidine groups is 1. The molecule has 0 radical (unpaired) electrons. The smallest absolute Gasteiger partial charge is 0.309 e. The number of hydrogen-bond acceptors (Lipinski definition) is 6. The van der Waals surface area contributed by atoms with E-state index in [1.165, 1.54) is 0 Å². The molecule has 1 aliphatic carbocycles. The Morgan fingerprint density at radius 3 is 2.45 bits per heavy atom. The molecule has 3 rings (SSSR count). The molecule has 2 amide bonds. The zero-order valence-corrected chi connectivity index (χ0v) is 19.5. The molecule has 0 bridgehead atoms. The number of hydrogen-bond donors (Lipinski definition) is 2. The molecule has 0 spiro atoms. The van der Waals surface area contributed by atoms with E-state index in [4.69, 9.17) is 4.74 Å². The Morgan fingerprint density at radius 2 is 1.81 bits per heavy atom. The van der Waals surface area contributed by atoms with Crippen LogP contribution in [0.4, 0.5) is 0 Å². The molecule has 1 unspecified atom stereocenters. The van der Waals surface area contributed by atoms with Crippen molar-refractivity contribution in [2.24, 2.45) is 16.9 Å². The van der Waals surface area contributed by atoms with Crippen LogP contribution in [0.1, 0.15) is 65.2 Å². The van der Waals surface area contributed by atoms with Gasteiger partial charge in [-0.05, 0) is 38.5 Å². The van der Waals surface area contributed by atoms with Crippen LogP contribution in [0, 0.1) is 11.8 Å². The summed E-state index contributed by atoms with van der Waals surface area (Å²) in [5, 5.41) is 8.27. The van der Waals surface area contributed by atoms with E-state index < -0.39 is 17.7 Å². The number of hydrazone groups is 1. The molecule has 0 aromatic carbocycles. The maximum atomic E-state index is 13.1. The van der Waals surface area contributed by atoms with E-state index in [9.17, 15) is 14.4 Å². The van der Waals surface area contributed by atoms with Gasteiger partial charge in [0, 0.05) is 37.5 Å². The molecule has 3 fully saturated rings. The standard InChI is InChI=1S/C22H36N4O4S/c1-3-26-14-15(2)31-22(26)25-24-21(29)19(27)18(16-10-12-30-13-11-16)23-20(28)17-8-6-4-5-7-9-17/h15-18H,3-14H2,1-2H3,(H,23,28)(H,24,29)/t15-,18?/m1/s1. The minimum absolute atomic E-state index is 0.0737. The van der Waals surface area contributed by atoms with Crippen molar-refractivity contribution < 1.29 is 19.1 Å². The lowest BCUT2D eigenvalue weighted by Gasteiger charge is -2.30. The van der Waals surface area contributed by atoms with Crippen LogP contribution in [0.3, 0.4) is 0 Å². The van der Waals surface area contributed by atoms with Gasteiger partial charge in [-0.3, -0.25) is 14.4 Å². The van der Waals surface area contributed by atoms with E-state index >= 15 is 0 Å². The Labute approximate surface area is 189 Å². The van der Waals surface area contributed by atoms with Crippen molar-refractivity contribution in [3.05, 3.63) is 0 Å². The first-order valence-electron chi connectivity index (χ1n) is 11.7. The minimum Gasteiger partial charge on any atom is -0.381 e. The van der Waals surface area contributed by atoms with Gasteiger partial charge in [0.1, 0.15) is 6.04 Å². The van der Waals surface area contributed by atoms with Gasteiger partial charge in [0.25, 0.3) is 0 Å². The number of carbonyl (C=O) groups excluding carboxylic acids is 3. The van der Waals surface area contributed by atoms with Gasteiger partial charge in [0.05, 0.1) is 0 Å². The Bertz CT molecular complexity index is 672. The third-order valence-corrected chi connectivity index (χ3v) is 7.57. The van der Waals surface area contributed by atoms with Gasteiger partial charge in [-0.25, -0.2) is 5.43 Å². The number of ether oxygens (including phenoxy) is 1. The molecule has 174 valence electrons. The maximum Gasteiger partial charge on any atom is 0.309 e. The van der Waals surface area contributed by atoms with Crippen LogP contribution in [0.2, 0.25) is 0 Å². The lowest BCUT2D eigenvalue weighted by Crippen LogP contribution is -2.53. The molecule has 2 heterocycles. The fourth-order valence-corrected chi connectivity index (χ4v) is 5.66. The van der Waals surface area contributed by atoms with Crippen molar-refractivity contribution in [3.8, 4) is 0 Å². The zero-order chi connectivity index (χ0) is 22.2. The van der Waals surface area contributed by atoms with E-state index in [0.717, 1.165) is 56.8 Å². The van der Waals surface area contributed by atoms with Gasteiger partial charge >= 0.3 is 5.91 Å². The SMILES string of the molecule is CCN1C[C@@H](C)SC1=NNC(=O)C(=O)C(NC(=O)C1CCCCCC1)C1CCOCC1. The molecule has 2 saturated heterocycles. The van der Waals surface area contributed by atoms with Crippen molar-refractivity contribution in [2.45, 2.75) is 76.5 Å². The van der Waals surface area contributed by atoms with Crippen LogP contribution in [0.15, 0.2) is 5.10 Å². The molecule has 0 aromatic heterocycles. The fraction of sp³-hybridized carbons (Fsp3) is 0.818. The predicted molar refractivity (Wildman–Crippen MR) is 122 cm³/mol. The average molecular weight is 453 g/mol. The number of amides is 2. The molecule has 31 heavy (non-hydrogen) atoms. The number of thioether (sulfide) groups is 1. The lowest BCUT2D eigenvalue weighted by molar-refractivity contribution is -0.142. The molecule has 2 atom stereocenters. The Kier molecular flexibility index (Phi) is 9.19. The first-order valence-corrected chi connectivity index (χ1v) is 12.6. The summed E-state index contributed by atoms with van der Waals surface area (Å²) in [6.07, 6.45) is 7.39. The highest BCUT2D eigenvalue weighted by molar-refractivity contribution is 8.14. The number of Topliss-reactive ketones (excluding diaryl/α,β-unsaturated/α-hetero) is 1. The first kappa shape index (κ1) is 24.0. The van der Waals surface area contributed by atoms with Gasteiger partial charge in [-0.2, -0.15) is 0 Å². The number of carbonyl (C=O) groups is 3. The van der Waals surface area contributed by atoms with Gasteiger partial charge in [-0.1, -0.05) is 44.4 Å². The molecule has 1 saturated carbocycles. The summed E-state index contributed by atoms with van der Waals surface area (Å²) in [6, 6.07) is -0.822. The van der Waals surface area contributed by atoms with Crippen molar-refractivity contribution in [3.63, 3.8) is 0 Å². The number of nitrogens with one attached hydrogen (secondary N) is 2. The molecule has 9 heteroatoms. The summed E-state index contributed by atoms with van der Waals surface area (Å²) in [6.45, 7) is 6.88. The van der Waals surface area contributed by atoms with Crippen LogP contribution >= 0.6 is 11.8 Å². The topological polar surface area (TPSA) is 100 Å². The van der Waals surface area contributed by atoms with E-state index in [1.807, 2.05) is 6.92 Å². The Hall–Kier alpha value is -1.61. The Balaban J connectivity index is 1.66. The van der Waals surface area contributed by atoms with Crippen LogP contribution in [0.25, 0.3) is 0 Å². The van der Waals surface area contributed by atoms with E-state index in [-0.39, 0.29) is 17.7 Å². The number of ketones is 1. The van der Waals surface area contributed by atoms with Gasteiger partial charge in [0.2, 0.25) is 11.7 Å². The van der Waals surface area contributed by atoms with Gasteiger partial charge < -0.3 is 15.0 Å². The van der Waals surface area contributed by atoms with Crippen LogP contribution in [0.5, 0.6) is 0 Å². The second kappa shape index (κ2) is 11.9. The summed E-state index contributed by atoms with van der Waals surface area (Å²) < 4.78 is 5.42. The van der Waals surface area contributed by atoms with Crippen molar-refractivity contribution >= 4 is 34.5 Å². The number of rotatable bonds is 7. The zero-order valence-electron chi connectivity index (χ0n) is 18.7. The van der Waals surface area contributed by atoms with E-state index in [2.05, 4.69) is 27.7 Å². The van der Waals surface area contributed by atoms with Crippen molar-refractivity contribution in [1.82, 2.24) is 15.6 Å². The molecule has 0 aromatic rings. The summed E-state index contributed by atoms with van der Waals surface area (Å²) in [7, 11) is 0. The first-order chi connectivity index (χ1) is 15.0. The van der Waals surface area contributed by atoms with Crippen LogP contribution < -0.4 is 10.7 Å². The normalized spacial score (nSPS) is 25.8. The number of nitrogens with zero attached hydrogens (tertiary/aromatic N) is 2. The van der Waals surface area contributed by atoms with Crippen LogP contribution in [-0.4, -0.2) is 65.3 Å². The molecule has 2 aliphatic heterocycles. The highest BCUT2D eigenvalue weighted by Gasteiger charge is 2.36. The second-order valence-corrected chi connectivity index (χ2v) is 10.2. The largest absolute Gasteiger partial charge is 0.381 e. The molecular formula is C22H36N4O4S. The van der Waals surface area contributed by atoms with Gasteiger partial charge in [-0.15, -0.1) is 5.10 Å². The quantitative estimate of drug-likeness (QED) is 0.349. The maximum absolute atomic E-state index is 13.1. The predicted octanol–water partition coefficient (Wildman–Crippen LogP) is 2.28. The lowest BCUT2D eigenvalue weighted by atomic mass is 9.87. The molecule has 3 aliphatic rings. The molecular weight excluding hydrogens is 416 g/mol. The third-order valence-electron chi connectivity index (χ3n) is 6.46. The van der Waals surface area contributed by atoms with Crippen molar-refractivity contribution in [1.29, 1.82) is 0 Å². The minimum atomic E-state index is -0.822. The van der Waals surface area contributed by atoms with Crippen LogP contribution in [-0.2, 0) is 19.1 Å². The fourth-order valence-electron chi connectivity index (χ4n) is 4.60. The monoisotopic (exact) mass is 452 g/mol. The highest BCUT2D eigenvalue weighted by Crippen LogP contribution is 2.26. The highest BCUT2D eigenvalue weighted by atomic mass is 32.2. The van der Waals surface area contributed by atoms with E-state index in [1.54, 1.807) is 11.8 Å². The second-order valence-electron chi connectivity index (χ2n) is 8.79. The average Bonchev–Trinajstić information content (AvgIpc) is 2.96. The summed E-state index contributed by atoms with van der Waals surface area (Å²) in [4.78, 5) is 40.8. The van der Waals surface area contributed by atoms with Crippen molar-refractivity contribution in [2.75, 3.05) is 26.3 Å². The summed E-state index contributed by atoms with van der Waals surface area (Å²) in [5.74, 6) is -1.64. The molecule has 8 nitrogen and oxygen atoms in total. The van der Waals surface area contributed by atoms with E-state index in [0.29, 0.717) is 31.3 Å². The third kappa shape index (κ3) is 6.68. The Morgan fingerprint density at radius 1 is 1.13 bits per heavy atom. The summed E-state index contributed by atoms with van der Waals surface area (Å²) >= 11 is 1.58. The molecule has 2 N–H and O–H groups in total.